The molecule has 0 aromatic heterocycles. The van der Waals surface area contributed by atoms with Crippen molar-refractivity contribution in [2.24, 2.45) is 0 Å². The molecule has 3 heteroatoms. The van der Waals surface area contributed by atoms with Gasteiger partial charge in [0.05, 0.1) is 0 Å². The second kappa shape index (κ2) is 4.79. The lowest BCUT2D eigenvalue weighted by Crippen LogP contribution is -2.35. The Morgan fingerprint density at radius 2 is 1.94 bits per heavy atom. The van der Waals surface area contributed by atoms with E-state index in [1.165, 1.54) is 22.3 Å². The summed E-state index contributed by atoms with van der Waals surface area (Å²) in [5.74, 6) is 1.01. The predicted molar refractivity (Wildman–Crippen MR) is 77.8 cm³/mol. The smallest absolute Gasteiger partial charge is 0.127 e. The van der Waals surface area contributed by atoms with Gasteiger partial charge < -0.3 is 4.74 Å². The molecule has 1 nitrogen and oxygen atoms in total. The molecule has 0 radical (unpaired) electrons. The molecule has 0 saturated heterocycles. The van der Waals surface area contributed by atoms with Crippen molar-refractivity contribution < 1.29 is 4.74 Å². The van der Waals surface area contributed by atoms with Crippen molar-refractivity contribution in [1.82, 2.24) is 0 Å². The molecule has 2 rings (SSSR count). The van der Waals surface area contributed by atoms with Crippen LogP contribution in [0, 0.1) is 20.8 Å². The van der Waals surface area contributed by atoms with Crippen molar-refractivity contribution in [3.63, 3.8) is 0 Å². The van der Waals surface area contributed by atoms with Crippen LogP contribution in [0.3, 0.4) is 0 Å². The summed E-state index contributed by atoms with van der Waals surface area (Å²) in [5.41, 5.74) is 4.68. The highest BCUT2D eigenvalue weighted by Crippen LogP contribution is 2.40. The van der Waals surface area contributed by atoms with E-state index in [1.807, 2.05) is 6.92 Å². The molecule has 1 aromatic rings. The fraction of sp³-hybridized carbons (Fsp3) is 0.467. The van der Waals surface area contributed by atoms with Gasteiger partial charge in [-0.25, -0.2) is 0 Å². The largest absolute Gasteiger partial charge is 0.483 e. The van der Waals surface area contributed by atoms with Gasteiger partial charge in [-0.3, -0.25) is 0 Å². The molecule has 0 amide bonds. The van der Waals surface area contributed by atoms with E-state index in [-0.39, 0.29) is 4.49 Å². The lowest BCUT2D eigenvalue weighted by molar-refractivity contribution is 0.113. The molecular weight excluding hydrogens is 267 g/mol. The number of hydrogen-bond acceptors (Lipinski definition) is 1. The van der Waals surface area contributed by atoms with Crippen LogP contribution in [0.1, 0.15) is 35.6 Å². The lowest BCUT2D eigenvalue weighted by Gasteiger charge is -2.35. The van der Waals surface area contributed by atoms with Gasteiger partial charge in [-0.1, -0.05) is 29.3 Å². The molecule has 1 aliphatic rings. The summed E-state index contributed by atoms with van der Waals surface area (Å²) in [5, 5.41) is 0. The van der Waals surface area contributed by atoms with Crippen molar-refractivity contribution in [3.05, 3.63) is 38.9 Å². The number of fused-ring (bicyclic) bond motifs is 1. The second-order valence-electron chi connectivity index (χ2n) is 5.29. The number of ether oxygens (including phenoxy) is 1. The molecule has 1 heterocycles. The summed E-state index contributed by atoms with van der Waals surface area (Å²) < 4.78 is 6.44. The van der Waals surface area contributed by atoms with E-state index in [9.17, 15) is 0 Å². The zero-order chi connectivity index (χ0) is 13.5. The number of benzene rings is 1. The first-order valence-electron chi connectivity index (χ1n) is 6.15. The van der Waals surface area contributed by atoms with Crippen molar-refractivity contribution in [3.8, 4) is 5.75 Å². The third-order valence-corrected chi connectivity index (χ3v) is 3.95. The first kappa shape index (κ1) is 13.8. The standard InChI is InChI=1S/C15H18Cl2O/c1-9-7-10(2)12-5-6-15(4,8-13(16)17)18-14(12)11(9)3/h7-8H,5-6H2,1-4H3. The molecule has 0 fully saturated rings. The Morgan fingerprint density at radius 3 is 2.56 bits per heavy atom. The normalized spacial score (nSPS) is 22.1. The fourth-order valence-corrected chi connectivity index (χ4v) is 3.00. The van der Waals surface area contributed by atoms with Crippen LogP contribution in [0.15, 0.2) is 16.6 Å². The second-order valence-corrected chi connectivity index (χ2v) is 6.30. The number of halogens is 2. The molecule has 1 unspecified atom stereocenters. The topological polar surface area (TPSA) is 9.23 Å². The highest BCUT2D eigenvalue weighted by atomic mass is 35.5. The summed E-state index contributed by atoms with van der Waals surface area (Å²) in [7, 11) is 0. The van der Waals surface area contributed by atoms with Crippen molar-refractivity contribution >= 4 is 23.2 Å². The Balaban J connectivity index is 2.49. The minimum atomic E-state index is -0.406. The van der Waals surface area contributed by atoms with Crippen LogP contribution in [0.4, 0.5) is 0 Å². The van der Waals surface area contributed by atoms with E-state index in [1.54, 1.807) is 6.08 Å². The first-order valence-corrected chi connectivity index (χ1v) is 6.90. The van der Waals surface area contributed by atoms with Gasteiger partial charge in [-0.05, 0) is 68.9 Å². The molecular formula is C15H18Cl2O. The Morgan fingerprint density at radius 1 is 1.28 bits per heavy atom. The van der Waals surface area contributed by atoms with E-state index in [0.29, 0.717) is 0 Å². The molecule has 1 aliphatic heterocycles. The summed E-state index contributed by atoms with van der Waals surface area (Å²) >= 11 is 11.6. The highest BCUT2D eigenvalue weighted by Gasteiger charge is 2.32. The van der Waals surface area contributed by atoms with Gasteiger partial charge in [0, 0.05) is 0 Å². The van der Waals surface area contributed by atoms with Gasteiger partial charge in [0.1, 0.15) is 15.8 Å². The number of aryl methyl sites for hydroxylation is 2. The van der Waals surface area contributed by atoms with Crippen LogP contribution < -0.4 is 4.74 Å². The third kappa shape index (κ3) is 2.53. The number of hydrogen-bond donors (Lipinski definition) is 0. The van der Waals surface area contributed by atoms with Gasteiger partial charge in [0.15, 0.2) is 0 Å². The summed E-state index contributed by atoms with van der Waals surface area (Å²) in [6, 6.07) is 2.23. The zero-order valence-corrected chi connectivity index (χ0v) is 12.7. The highest BCUT2D eigenvalue weighted by molar-refractivity contribution is 6.55. The number of rotatable bonds is 1. The summed E-state index contributed by atoms with van der Waals surface area (Å²) in [6.45, 7) is 8.38. The summed E-state index contributed by atoms with van der Waals surface area (Å²) in [6.07, 6.45) is 3.68. The molecule has 1 atom stereocenters. The van der Waals surface area contributed by atoms with Crippen LogP contribution in [0.25, 0.3) is 0 Å². The lowest BCUT2D eigenvalue weighted by atomic mass is 9.88. The molecule has 0 N–H and O–H groups in total. The van der Waals surface area contributed by atoms with Gasteiger partial charge in [-0.2, -0.15) is 0 Å². The van der Waals surface area contributed by atoms with E-state index >= 15 is 0 Å². The van der Waals surface area contributed by atoms with Crippen molar-refractivity contribution in [1.29, 1.82) is 0 Å². The van der Waals surface area contributed by atoms with E-state index in [4.69, 9.17) is 27.9 Å². The maximum absolute atomic E-state index is 6.18. The Hall–Kier alpha value is -0.660. The fourth-order valence-electron chi connectivity index (χ4n) is 2.54. The van der Waals surface area contributed by atoms with E-state index in [0.717, 1.165) is 18.6 Å². The van der Waals surface area contributed by atoms with Crippen molar-refractivity contribution in [2.75, 3.05) is 0 Å². The average Bonchev–Trinajstić information content (AvgIpc) is 2.24. The van der Waals surface area contributed by atoms with Crippen LogP contribution in [-0.4, -0.2) is 5.60 Å². The molecule has 0 saturated carbocycles. The maximum atomic E-state index is 6.18. The average molecular weight is 285 g/mol. The molecule has 0 bridgehead atoms. The Bertz CT molecular complexity index is 516. The third-order valence-electron chi connectivity index (χ3n) is 3.74. The predicted octanol–water partition coefficient (Wildman–Crippen LogP) is 5.01. The molecule has 1 aromatic carbocycles. The SMILES string of the molecule is Cc1cc(C)c2c(c1C)OC(C)(C=C(Cl)Cl)CC2. The van der Waals surface area contributed by atoms with Crippen LogP contribution in [0.2, 0.25) is 0 Å². The van der Waals surface area contributed by atoms with Crippen molar-refractivity contribution in [2.45, 2.75) is 46.1 Å². The monoisotopic (exact) mass is 284 g/mol. The molecule has 98 valence electrons. The first-order chi connectivity index (χ1) is 8.32. The minimum Gasteiger partial charge on any atom is -0.483 e. The van der Waals surface area contributed by atoms with E-state index < -0.39 is 5.60 Å². The van der Waals surface area contributed by atoms with E-state index in [2.05, 4.69) is 26.8 Å². The van der Waals surface area contributed by atoms with Gasteiger partial charge in [-0.15, -0.1) is 0 Å². The molecule has 0 aliphatic carbocycles. The maximum Gasteiger partial charge on any atom is 0.127 e. The van der Waals surface area contributed by atoms with Gasteiger partial charge in [0.2, 0.25) is 0 Å². The summed E-state index contributed by atoms with van der Waals surface area (Å²) in [4.78, 5) is 0. The van der Waals surface area contributed by atoms with Gasteiger partial charge in [0.25, 0.3) is 0 Å². The zero-order valence-electron chi connectivity index (χ0n) is 11.2. The quantitative estimate of drug-likeness (QED) is 0.704. The van der Waals surface area contributed by atoms with Crippen LogP contribution in [0.5, 0.6) is 5.75 Å². The molecule has 18 heavy (non-hydrogen) atoms. The Kier molecular flexibility index (Phi) is 3.66. The minimum absolute atomic E-state index is 0.267. The van der Waals surface area contributed by atoms with Gasteiger partial charge >= 0.3 is 0 Å². The van der Waals surface area contributed by atoms with Crippen LogP contribution >= 0.6 is 23.2 Å². The molecule has 0 spiro atoms. The van der Waals surface area contributed by atoms with Crippen LogP contribution in [-0.2, 0) is 6.42 Å². The Labute approximate surface area is 119 Å².